The Labute approximate surface area is 296 Å². The lowest BCUT2D eigenvalue weighted by atomic mass is 9.74. The van der Waals surface area contributed by atoms with Crippen molar-refractivity contribution in [1.82, 2.24) is 0 Å². The monoisotopic (exact) mass is 690 g/mol. The topological polar surface area (TPSA) is 55.8 Å². The summed E-state index contributed by atoms with van der Waals surface area (Å²) in [5.41, 5.74) is 4.84. The highest BCUT2D eigenvalue weighted by Gasteiger charge is 2.55. The van der Waals surface area contributed by atoms with Crippen LogP contribution < -0.4 is 0 Å². The maximum atomic E-state index is 14.9. The van der Waals surface area contributed by atoms with Crippen LogP contribution in [-0.2, 0) is 32.5 Å². The molecule has 0 bridgehead atoms. The maximum Gasteiger partial charge on any atom is 0.187 e. The van der Waals surface area contributed by atoms with E-state index in [0.29, 0.717) is 41.8 Å². The summed E-state index contributed by atoms with van der Waals surface area (Å²) in [6, 6.07) is 38.0. The molecule has 1 N–H and O–H groups in total. The first-order valence-electron chi connectivity index (χ1n) is 17.8. The van der Waals surface area contributed by atoms with Gasteiger partial charge in [-0.2, -0.15) is 0 Å². The van der Waals surface area contributed by atoms with Gasteiger partial charge in [-0.3, -0.25) is 4.79 Å². The van der Waals surface area contributed by atoms with Crippen LogP contribution in [0.15, 0.2) is 109 Å². The minimum Gasteiger partial charge on any atom is -0.413 e. The number of hydrogen-bond donors (Lipinski definition) is 1. The summed E-state index contributed by atoms with van der Waals surface area (Å²) in [6.07, 6.45) is 0. The lowest BCUT2D eigenvalue weighted by Gasteiger charge is -2.33. The Morgan fingerprint density at radius 1 is 0.633 bits per heavy atom. The number of rotatable bonds is 14. The molecular formula is C43H54O4Si2. The van der Waals surface area contributed by atoms with E-state index in [1.807, 2.05) is 97.1 Å². The van der Waals surface area contributed by atoms with Crippen molar-refractivity contribution in [3.63, 3.8) is 0 Å². The predicted octanol–water partition coefficient (Wildman–Crippen LogP) is 10.6. The van der Waals surface area contributed by atoms with Crippen molar-refractivity contribution in [2.24, 2.45) is 11.8 Å². The Morgan fingerprint density at radius 3 is 1.55 bits per heavy atom. The molecule has 2 atom stereocenters. The molecule has 0 saturated heterocycles. The van der Waals surface area contributed by atoms with Crippen LogP contribution in [-0.4, -0.2) is 27.5 Å². The Morgan fingerprint density at radius 2 is 1.08 bits per heavy atom. The van der Waals surface area contributed by atoms with Gasteiger partial charge in [0.25, 0.3) is 0 Å². The van der Waals surface area contributed by atoms with Gasteiger partial charge in [0.15, 0.2) is 22.4 Å². The van der Waals surface area contributed by atoms with Crippen molar-refractivity contribution in [3.05, 3.63) is 143 Å². The zero-order valence-corrected chi connectivity index (χ0v) is 32.6. The number of Topliss-reactive ketones (excluding diaryl/α,β-unsaturated/α-hetero) is 1. The van der Waals surface area contributed by atoms with E-state index in [-0.39, 0.29) is 5.78 Å². The summed E-state index contributed by atoms with van der Waals surface area (Å²) in [7, 11) is -3.58. The molecule has 1 aliphatic rings. The summed E-state index contributed by atoms with van der Waals surface area (Å²) in [5.74, 6) is 0.286. The molecule has 1 aliphatic carbocycles. The molecule has 2 unspecified atom stereocenters. The van der Waals surface area contributed by atoms with E-state index >= 15 is 0 Å². The first-order chi connectivity index (χ1) is 23.2. The second-order valence-corrected chi connectivity index (χ2v) is 24.2. The van der Waals surface area contributed by atoms with Crippen molar-refractivity contribution in [1.29, 1.82) is 0 Å². The third-order valence-electron chi connectivity index (χ3n) is 9.45. The third-order valence-corrected chi connectivity index (χ3v) is 14.9. The lowest BCUT2D eigenvalue weighted by Crippen LogP contribution is -2.34. The Hall–Kier alpha value is -3.40. The third kappa shape index (κ3) is 8.68. The number of allylic oxidation sites excluding steroid dienone is 1. The highest BCUT2D eigenvalue weighted by molar-refractivity contribution is 6.71. The Kier molecular flexibility index (Phi) is 11.5. The van der Waals surface area contributed by atoms with Crippen LogP contribution in [0.1, 0.15) is 67.0 Å². The van der Waals surface area contributed by atoms with Gasteiger partial charge in [-0.25, -0.2) is 0 Å². The van der Waals surface area contributed by atoms with Crippen LogP contribution in [0.2, 0.25) is 38.3 Å². The number of aliphatic hydroxyl groups is 1. The van der Waals surface area contributed by atoms with Gasteiger partial charge in [-0.15, -0.1) is 0 Å². The van der Waals surface area contributed by atoms with E-state index in [4.69, 9.17) is 8.85 Å². The zero-order valence-electron chi connectivity index (χ0n) is 30.6. The molecule has 0 fully saturated rings. The standard InChI is InChI=1S/C43H54O4Si2/c1-31(2)29-48(5,6)46-27-33-19-23-35(24-20-33)39-40(36-15-11-9-12-16-36)43(45,38-17-13-10-14-18-38)41(42(39)44)37-25-21-34(22-26-37)28-47-49(7,8)30-32(3)4/h9-26,31-32,41,45H,27-30H2,1-8H3. The second-order valence-electron chi connectivity index (χ2n) is 15.8. The molecule has 0 amide bonds. The predicted molar refractivity (Wildman–Crippen MR) is 208 cm³/mol. The molecule has 0 heterocycles. The molecule has 4 aromatic carbocycles. The maximum absolute atomic E-state index is 14.9. The number of carbonyl (C=O) groups excluding carboxylic acids is 1. The molecule has 0 spiro atoms. The van der Waals surface area contributed by atoms with Crippen molar-refractivity contribution < 1.29 is 18.8 Å². The van der Waals surface area contributed by atoms with Crippen LogP contribution in [0.3, 0.4) is 0 Å². The molecule has 6 heteroatoms. The number of carbonyl (C=O) groups is 1. The zero-order chi connectivity index (χ0) is 35.4. The van der Waals surface area contributed by atoms with E-state index in [0.717, 1.165) is 39.9 Å². The average molecular weight is 691 g/mol. The molecule has 4 aromatic rings. The summed E-state index contributed by atoms with van der Waals surface area (Å²) < 4.78 is 12.9. The first kappa shape index (κ1) is 36.9. The molecule has 4 nitrogen and oxygen atoms in total. The average Bonchev–Trinajstić information content (AvgIpc) is 3.30. The van der Waals surface area contributed by atoms with Gasteiger partial charge in [0.1, 0.15) is 5.60 Å². The second kappa shape index (κ2) is 15.2. The van der Waals surface area contributed by atoms with E-state index in [1.54, 1.807) is 0 Å². The van der Waals surface area contributed by atoms with Crippen LogP contribution >= 0.6 is 0 Å². The summed E-state index contributed by atoms with van der Waals surface area (Å²) >= 11 is 0. The summed E-state index contributed by atoms with van der Waals surface area (Å²) in [6.45, 7) is 19.1. The fourth-order valence-corrected chi connectivity index (χ4v) is 12.9. The van der Waals surface area contributed by atoms with Gasteiger partial charge < -0.3 is 14.0 Å². The number of benzene rings is 4. The van der Waals surface area contributed by atoms with Crippen LogP contribution in [0, 0.1) is 11.8 Å². The molecule has 49 heavy (non-hydrogen) atoms. The minimum atomic E-state index is -1.79. The van der Waals surface area contributed by atoms with Crippen molar-refractivity contribution in [2.75, 3.05) is 0 Å². The fourth-order valence-electron chi connectivity index (χ4n) is 7.66. The van der Waals surface area contributed by atoms with Gasteiger partial charge >= 0.3 is 0 Å². The van der Waals surface area contributed by atoms with E-state index in [9.17, 15) is 9.90 Å². The SMILES string of the molecule is CC(C)C[Si](C)(C)OCc1ccc(C2=C(c3ccccc3)C(O)(c3ccccc3)C(c3ccc(CO[Si](C)(C)CC(C)C)cc3)C2=O)cc1. The number of ketones is 1. The molecule has 5 rings (SSSR count). The highest BCUT2D eigenvalue weighted by Crippen LogP contribution is 2.57. The normalized spacial score (nSPS) is 18.6. The van der Waals surface area contributed by atoms with Gasteiger partial charge in [0.2, 0.25) is 0 Å². The highest BCUT2D eigenvalue weighted by atomic mass is 28.4. The van der Waals surface area contributed by atoms with Gasteiger partial charge in [0.05, 0.1) is 19.1 Å². The molecule has 0 saturated carbocycles. The summed E-state index contributed by atoms with van der Waals surface area (Å²) in [5, 5.41) is 13.1. The Balaban J connectivity index is 1.55. The van der Waals surface area contributed by atoms with Crippen LogP contribution in [0.4, 0.5) is 0 Å². The molecule has 258 valence electrons. The van der Waals surface area contributed by atoms with Crippen LogP contribution in [0.25, 0.3) is 11.1 Å². The fraction of sp³-hybridized carbons (Fsp3) is 0.372. The molecular weight excluding hydrogens is 637 g/mol. The van der Waals surface area contributed by atoms with Crippen molar-refractivity contribution >= 4 is 33.6 Å². The van der Waals surface area contributed by atoms with E-state index < -0.39 is 28.2 Å². The Bertz CT molecular complexity index is 1730. The van der Waals surface area contributed by atoms with Gasteiger partial charge in [-0.1, -0.05) is 137 Å². The molecule has 0 aliphatic heterocycles. The quantitative estimate of drug-likeness (QED) is 0.134. The van der Waals surface area contributed by atoms with Crippen LogP contribution in [0.5, 0.6) is 0 Å². The van der Waals surface area contributed by atoms with E-state index in [2.05, 4.69) is 66.0 Å². The lowest BCUT2D eigenvalue weighted by molar-refractivity contribution is -0.118. The number of hydrogen-bond acceptors (Lipinski definition) is 4. The van der Waals surface area contributed by atoms with E-state index in [1.165, 1.54) is 0 Å². The largest absolute Gasteiger partial charge is 0.413 e. The van der Waals surface area contributed by atoms with Crippen molar-refractivity contribution in [2.45, 2.75) is 90.7 Å². The van der Waals surface area contributed by atoms with Gasteiger partial charge in [-0.05, 0) is 83.5 Å². The smallest absolute Gasteiger partial charge is 0.187 e. The molecule has 0 aromatic heterocycles. The molecule has 0 radical (unpaired) electrons. The van der Waals surface area contributed by atoms with Gasteiger partial charge in [0, 0.05) is 11.1 Å². The minimum absolute atomic E-state index is 0.0887. The summed E-state index contributed by atoms with van der Waals surface area (Å²) in [4.78, 5) is 14.9. The van der Waals surface area contributed by atoms with Crippen molar-refractivity contribution in [3.8, 4) is 0 Å². The first-order valence-corrected chi connectivity index (χ1v) is 24.0.